The first kappa shape index (κ1) is 14.0. The molecule has 0 radical (unpaired) electrons. The van der Waals surface area contributed by atoms with E-state index in [1.165, 1.54) is 24.5 Å². The molecule has 0 aliphatic carbocycles. The molecule has 4 heteroatoms. The maximum absolute atomic E-state index is 4.55. The summed E-state index contributed by atoms with van der Waals surface area (Å²) in [6, 6.07) is 0.644. The molecule has 0 bridgehead atoms. The summed E-state index contributed by atoms with van der Waals surface area (Å²) in [7, 11) is 0. The number of rotatable bonds is 4. The van der Waals surface area contributed by atoms with Crippen molar-refractivity contribution in [2.75, 3.05) is 26.2 Å². The molecule has 1 aliphatic heterocycles. The highest BCUT2D eigenvalue weighted by molar-refractivity contribution is 7.09. The van der Waals surface area contributed by atoms with Gasteiger partial charge in [-0.05, 0) is 32.4 Å². The predicted molar refractivity (Wildman–Crippen MR) is 78.2 cm³/mol. The normalized spacial score (nSPS) is 22.3. The third-order valence-electron chi connectivity index (χ3n) is 3.63. The van der Waals surface area contributed by atoms with Gasteiger partial charge < -0.3 is 10.2 Å². The van der Waals surface area contributed by atoms with Crippen molar-refractivity contribution in [1.82, 2.24) is 15.2 Å². The summed E-state index contributed by atoms with van der Waals surface area (Å²) in [6.45, 7) is 11.4. The molecular formula is C14H25N3S. The number of nitrogens with one attached hydrogen (secondary N) is 1. The van der Waals surface area contributed by atoms with Gasteiger partial charge in [-0.2, -0.15) is 0 Å². The van der Waals surface area contributed by atoms with Gasteiger partial charge in [-0.3, -0.25) is 0 Å². The van der Waals surface area contributed by atoms with E-state index in [0.29, 0.717) is 12.0 Å². The molecule has 1 saturated heterocycles. The Morgan fingerprint density at radius 2 is 2.39 bits per heavy atom. The van der Waals surface area contributed by atoms with Crippen LogP contribution >= 0.6 is 11.3 Å². The van der Waals surface area contributed by atoms with Crippen LogP contribution in [0.1, 0.15) is 31.0 Å². The Bertz CT molecular complexity index is 362. The van der Waals surface area contributed by atoms with E-state index in [0.717, 1.165) is 25.2 Å². The number of aromatic nitrogens is 1. The average molecular weight is 267 g/mol. The van der Waals surface area contributed by atoms with Gasteiger partial charge in [0.25, 0.3) is 0 Å². The third-order valence-corrected chi connectivity index (χ3v) is 4.65. The number of aryl methyl sites for hydroxylation is 1. The van der Waals surface area contributed by atoms with Crippen LogP contribution < -0.4 is 5.32 Å². The minimum atomic E-state index is 0.644. The molecule has 1 fully saturated rings. The van der Waals surface area contributed by atoms with E-state index in [9.17, 15) is 0 Å². The fraction of sp³-hybridized carbons (Fsp3) is 0.786. The Morgan fingerprint density at radius 1 is 1.56 bits per heavy atom. The standard InChI is InChI=1S/C14H25N3S/c1-11(2)13-9-17(7-4-6-15-13)8-5-14-16-12(3)10-18-14/h10-11,13,15H,4-9H2,1-3H3. The molecule has 1 aromatic heterocycles. The van der Waals surface area contributed by atoms with Crippen LogP contribution in [0.3, 0.4) is 0 Å². The lowest BCUT2D eigenvalue weighted by Crippen LogP contribution is -2.41. The summed E-state index contributed by atoms with van der Waals surface area (Å²) in [4.78, 5) is 7.15. The van der Waals surface area contributed by atoms with E-state index >= 15 is 0 Å². The van der Waals surface area contributed by atoms with Crippen molar-refractivity contribution in [3.63, 3.8) is 0 Å². The topological polar surface area (TPSA) is 28.2 Å². The molecule has 0 amide bonds. The number of nitrogens with zero attached hydrogens (tertiary/aromatic N) is 2. The minimum absolute atomic E-state index is 0.644. The average Bonchev–Trinajstić information content (AvgIpc) is 2.62. The Morgan fingerprint density at radius 3 is 3.06 bits per heavy atom. The van der Waals surface area contributed by atoms with E-state index < -0.39 is 0 Å². The zero-order valence-electron chi connectivity index (χ0n) is 11.8. The van der Waals surface area contributed by atoms with Crippen LogP contribution in [-0.4, -0.2) is 42.1 Å². The molecule has 0 saturated carbocycles. The van der Waals surface area contributed by atoms with Gasteiger partial charge in [0.05, 0.1) is 5.01 Å². The quantitative estimate of drug-likeness (QED) is 0.907. The van der Waals surface area contributed by atoms with Crippen molar-refractivity contribution in [2.24, 2.45) is 5.92 Å². The van der Waals surface area contributed by atoms with Gasteiger partial charge in [0, 0.05) is 36.6 Å². The fourth-order valence-electron chi connectivity index (χ4n) is 2.45. The second kappa shape index (κ2) is 6.64. The molecule has 0 aromatic carbocycles. The van der Waals surface area contributed by atoms with Crippen LogP contribution in [-0.2, 0) is 6.42 Å². The van der Waals surface area contributed by atoms with Crippen LogP contribution in [0.5, 0.6) is 0 Å². The van der Waals surface area contributed by atoms with Gasteiger partial charge in [0.15, 0.2) is 0 Å². The van der Waals surface area contributed by atoms with Gasteiger partial charge in [-0.15, -0.1) is 11.3 Å². The first-order valence-corrected chi connectivity index (χ1v) is 7.90. The summed E-state index contributed by atoms with van der Waals surface area (Å²) < 4.78 is 0. The summed E-state index contributed by atoms with van der Waals surface area (Å²) in [5, 5.41) is 7.09. The van der Waals surface area contributed by atoms with Crippen LogP contribution in [0.15, 0.2) is 5.38 Å². The molecule has 102 valence electrons. The lowest BCUT2D eigenvalue weighted by molar-refractivity contribution is 0.248. The SMILES string of the molecule is Cc1csc(CCN2CCCNC(C(C)C)C2)n1. The molecule has 1 atom stereocenters. The van der Waals surface area contributed by atoms with Gasteiger partial charge in [0.1, 0.15) is 0 Å². The lowest BCUT2D eigenvalue weighted by Gasteiger charge is -2.26. The predicted octanol–water partition coefficient (Wildman–Crippen LogP) is 2.31. The highest BCUT2D eigenvalue weighted by atomic mass is 32.1. The Kier molecular flexibility index (Phi) is 5.15. The molecule has 2 heterocycles. The first-order chi connectivity index (χ1) is 8.65. The summed E-state index contributed by atoms with van der Waals surface area (Å²) in [6.07, 6.45) is 2.36. The maximum atomic E-state index is 4.55. The second-order valence-corrected chi connectivity index (χ2v) is 6.53. The molecule has 1 aliphatic rings. The molecule has 3 nitrogen and oxygen atoms in total. The highest BCUT2D eigenvalue weighted by Crippen LogP contribution is 2.12. The van der Waals surface area contributed by atoms with Crippen LogP contribution in [0.4, 0.5) is 0 Å². The third kappa shape index (κ3) is 4.04. The Labute approximate surface area is 115 Å². The Hall–Kier alpha value is -0.450. The van der Waals surface area contributed by atoms with Crippen molar-refractivity contribution in [3.05, 3.63) is 16.1 Å². The van der Waals surface area contributed by atoms with Crippen molar-refractivity contribution in [1.29, 1.82) is 0 Å². The molecule has 1 aromatic rings. The van der Waals surface area contributed by atoms with E-state index in [1.54, 1.807) is 11.3 Å². The summed E-state index contributed by atoms with van der Waals surface area (Å²) >= 11 is 1.80. The number of hydrogen-bond acceptors (Lipinski definition) is 4. The van der Waals surface area contributed by atoms with Crippen molar-refractivity contribution in [3.8, 4) is 0 Å². The van der Waals surface area contributed by atoms with E-state index in [-0.39, 0.29) is 0 Å². The highest BCUT2D eigenvalue weighted by Gasteiger charge is 2.19. The van der Waals surface area contributed by atoms with E-state index in [2.05, 4.69) is 41.4 Å². The van der Waals surface area contributed by atoms with Crippen molar-refractivity contribution >= 4 is 11.3 Å². The molecule has 2 rings (SSSR count). The molecule has 1 unspecified atom stereocenters. The van der Waals surface area contributed by atoms with Crippen molar-refractivity contribution < 1.29 is 0 Å². The smallest absolute Gasteiger partial charge is 0.0940 e. The molecule has 0 spiro atoms. The molecule has 1 N–H and O–H groups in total. The minimum Gasteiger partial charge on any atom is -0.312 e. The van der Waals surface area contributed by atoms with E-state index in [4.69, 9.17) is 0 Å². The fourth-order valence-corrected chi connectivity index (χ4v) is 3.21. The largest absolute Gasteiger partial charge is 0.312 e. The van der Waals surface area contributed by atoms with Gasteiger partial charge in [0.2, 0.25) is 0 Å². The number of thiazole rings is 1. The van der Waals surface area contributed by atoms with E-state index in [1.807, 2.05) is 0 Å². The zero-order valence-corrected chi connectivity index (χ0v) is 12.6. The molecule has 18 heavy (non-hydrogen) atoms. The summed E-state index contributed by atoms with van der Waals surface area (Å²) in [5.41, 5.74) is 1.16. The van der Waals surface area contributed by atoms with Gasteiger partial charge in [-0.25, -0.2) is 4.98 Å². The van der Waals surface area contributed by atoms with Gasteiger partial charge >= 0.3 is 0 Å². The lowest BCUT2D eigenvalue weighted by atomic mass is 10.0. The first-order valence-electron chi connectivity index (χ1n) is 7.02. The van der Waals surface area contributed by atoms with Crippen LogP contribution in [0, 0.1) is 12.8 Å². The summed E-state index contributed by atoms with van der Waals surface area (Å²) in [5.74, 6) is 0.715. The van der Waals surface area contributed by atoms with Crippen LogP contribution in [0.25, 0.3) is 0 Å². The maximum Gasteiger partial charge on any atom is 0.0940 e. The monoisotopic (exact) mass is 267 g/mol. The van der Waals surface area contributed by atoms with Crippen molar-refractivity contribution in [2.45, 2.75) is 39.7 Å². The molecular weight excluding hydrogens is 242 g/mol. The second-order valence-electron chi connectivity index (χ2n) is 5.59. The zero-order chi connectivity index (χ0) is 13.0. The van der Waals surface area contributed by atoms with Crippen LogP contribution in [0.2, 0.25) is 0 Å². The number of hydrogen-bond donors (Lipinski definition) is 1. The van der Waals surface area contributed by atoms with Gasteiger partial charge in [-0.1, -0.05) is 13.8 Å². The Balaban J connectivity index is 1.83.